The number of amides is 1. The molecule has 1 aromatic carbocycles. The molecule has 1 fully saturated rings. The molecule has 1 amide bonds. The summed E-state index contributed by atoms with van der Waals surface area (Å²) in [5.41, 5.74) is 1.45. The molecule has 1 saturated heterocycles. The van der Waals surface area contributed by atoms with Crippen LogP contribution in [0.4, 0.5) is 0 Å². The Morgan fingerprint density at radius 3 is 2.00 bits per heavy atom. The van der Waals surface area contributed by atoms with Crippen molar-refractivity contribution >= 4 is 15.9 Å². The zero-order chi connectivity index (χ0) is 20.5. The highest BCUT2D eigenvalue weighted by molar-refractivity contribution is 7.89. The lowest BCUT2D eigenvalue weighted by Crippen LogP contribution is -2.50. The van der Waals surface area contributed by atoms with Gasteiger partial charge >= 0.3 is 0 Å². The minimum atomic E-state index is -3.59. The molecule has 3 rings (SSSR count). The third kappa shape index (κ3) is 4.18. The van der Waals surface area contributed by atoms with E-state index in [1.807, 2.05) is 12.1 Å². The van der Waals surface area contributed by atoms with Crippen molar-refractivity contribution in [1.29, 1.82) is 0 Å². The van der Waals surface area contributed by atoms with E-state index in [-0.39, 0.29) is 29.3 Å². The highest BCUT2D eigenvalue weighted by atomic mass is 32.2. The lowest BCUT2D eigenvalue weighted by molar-refractivity contribution is -0.605. The van der Waals surface area contributed by atoms with Crippen LogP contribution in [0.2, 0.25) is 0 Å². The molecule has 2 heterocycles. The second kappa shape index (κ2) is 7.52. The number of rotatable bonds is 3. The first-order valence-corrected chi connectivity index (χ1v) is 10.6. The highest BCUT2D eigenvalue weighted by Crippen LogP contribution is 2.25. The van der Waals surface area contributed by atoms with Crippen LogP contribution >= 0.6 is 0 Å². The molecule has 0 N–H and O–H groups in total. The number of hydrogen-bond acceptors (Lipinski definition) is 4. The second-order valence-electron chi connectivity index (χ2n) is 7.92. The summed E-state index contributed by atoms with van der Waals surface area (Å²) in [6.45, 7) is 7.34. The third-order valence-electron chi connectivity index (χ3n) is 4.93. The molecule has 7 nitrogen and oxygen atoms in total. The lowest BCUT2D eigenvalue weighted by atomic mass is 9.87. The smallest absolute Gasteiger partial charge is 0.254 e. The van der Waals surface area contributed by atoms with Gasteiger partial charge < -0.3 is 10.1 Å². The number of sulfonamides is 1. The maximum Gasteiger partial charge on any atom is 0.254 e. The van der Waals surface area contributed by atoms with Crippen molar-refractivity contribution in [3.8, 4) is 0 Å². The summed E-state index contributed by atoms with van der Waals surface area (Å²) < 4.78 is 27.9. The molecule has 0 spiro atoms. The van der Waals surface area contributed by atoms with E-state index in [1.54, 1.807) is 17.0 Å². The largest absolute Gasteiger partial charge is 0.619 e. The first-order chi connectivity index (χ1) is 13.1. The Labute approximate surface area is 165 Å². The van der Waals surface area contributed by atoms with E-state index < -0.39 is 10.0 Å². The van der Waals surface area contributed by atoms with Crippen molar-refractivity contribution in [2.45, 2.75) is 31.1 Å². The minimum absolute atomic E-state index is 0.0446. The van der Waals surface area contributed by atoms with Gasteiger partial charge in [-0.25, -0.2) is 8.42 Å². The van der Waals surface area contributed by atoms with Crippen LogP contribution in [0.5, 0.6) is 0 Å². The molecular weight excluding hydrogens is 378 g/mol. The first-order valence-electron chi connectivity index (χ1n) is 9.18. The molecule has 2 aromatic rings. The molecule has 0 radical (unpaired) electrons. The Hall–Kier alpha value is -2.45. The average Bonchev–Trinajstić information content (AvgIpc) is 2.67. The number of nitrogens with zero attached hydrogens (tertiary/aromatic N) is 3. The summed E-state index contributed by atoms with van der Waals surface area (Å²) in [6, 6.07) is 9.93. The first kappa shape index (κ1) is 20.3. The Balaban J connectivity index is 1.68. The van der Waals surface area contributed by atoms with E-state index in [9.17, 15) is 18.4 Å². The minimum Gasteiger partial charge on any atom is -0.619 e. The fourth-order valence-electron chi connectivity index (χ4n) is 3.15. The number of carbonyl (C=O) groups is 1. The molecule has 1 aliphatic rings. The monoisotopic (exact) mass is 403 g/mol. The van der Waals surface area contributed by atoms with Crippen molar-refractivity contribution in [2.24, 2.45) is 0 Å². The van der Waals surface area contributed by atoms with E-state index in [2.05, 4.69) is 20.8 Å². The van der Waals surface area contributed by atoms with E-state index in [4.69, 9.17) is 0 Å². The molecule has 0 saturated carbocycles. The van der Waals surface area contributed by atoms with Gasteiger partial charge in [-0.1, -0.05) is 32.9 Å². The van der Waals surface area contributed by atoms with Crippen LogP contribution in [0, 0.1) is 5.21 Å². The average molecular weight is 404 g/mol. The maximum atomic E-state index is 12.9. The number of aromatic nitrogens is 1. The summed E-state index contributed by atoms with van der Waals surface area (Å²) in [6.07, 6.45) is 2.55. The second-order valence-corrected chi connectivity index (χ2v) is 9.86. The summed E-state index contributed by atoms with van der Waals surface area (Å²) >= 11 is 0. The van der Waals surface area contributed by atoms with Gasteiger partial charge in [0, 0.05) is 38.3 Å². The SMILES string of the molecule is CC(C)(C)c1ccc(S(=O)(=O)N2CCN(C(=O)c3cc[n+]([O-])cc3)CC2)cc1. The predicted molar refractivity (Wildman–Crippen MR) is 105 cm³/mol. The van der Waals surface area contributed by atoms with Gasteiger partial charge in [-0.05, 0) is 23.1 Å². The molecule has 1 aromatic heterocycles. The van der Waals surface area contributed by atoms with Crippen molar-refractivity contribution in [2.75, 3.05) is 26.2 Å². The van der Waals surface area contributed by atoms with E-state index in [0.29, 0.717) is 23.4 Å². The van der Waals surface area contributed by atoms with Crippen LogP contribution in [0.15, 0.2) is 53.7 Å². The van der Waals surface area contributed by atoms with Crippen LogP contribution in [0.1, 0.15) is 36.7 Å². The predicted octanol–water partition coefficient (Wildman–Crippen LogP) is 1.76. The van der Waals surface area contributed by atoms with Crippen molar-refractivity contribution < 1.29 is 17.9 Å². The van der Waals surface area contributed by atoms with E-state index >= 15 is 0 Å². The zero-order valence-electron chi connectivity index (χ0n) is 16.3. The van der Waals surface area contributed by atoms with Gasteiger partial charge in [0.25, 0.3) is 5.91 Å². The maximum absolute atomic E-state index is 12.9. The topological polar surface area (TPSA) is 84.6 Å². The van der Waals surface area contributed by atoms with Crippen molar-refractivity contribution in [3.05, 3.63) is 65.1 Å². The fraction of sp³-hybridized carbons (Fsp3) is 0.400. The lowest BCUT2D eigenvalue weighted by Gasteiger charge is -2.34. The molecule has 8 heteroatoms. The molecule has 0 bridgehead atoms. The summed E-state index contributed by atoms with van der Waals surface area (Å²) in [4.78, 5) is 14.4. The van der Waals surface area contributed by atoms with Crippen molar-refractivity contribution in [1.82, 2.24) is 9.21 Å². The summed E-state index contributed by atoms with van der Waals surface area (Å²) in [5, 5.41) is 11.1. The number of benzene rings is 1. The molecule has 28 heavy (non-hydrogen) atoms. The quantitative estimate of drug-likeness (QED) is 0.577. The Morgan fingerprint density at radius 1 is 0.964 bits per heavy atom. The molecule has 0 atom stereocenters. The van der Waals surface area contributed by atoms with Crippen LogP contribution in [0.25, 0.3) is 0 Å². The van der Waals surface area contributed by atoms with E-state index in [0.717, 1.165) is 5.56 Å². The number of pyridine rings is 1. The fourth-order valence-corrected chi connectivity index (χ4v) is 4.57. The third-order valence-corrected chi connectivity index (χ3v) is 6.85. The van der Waals surface area contributed by atoms with Gasteiger partial charge in [-0.2, -0.15) is 9.04 Å². The van der Waals surface area contributed by atoms with Gasteiger partial charge in [0.2, 0.25) is 10.0 Å². The van der Waals surface area contributed by atoms with E-state index in [1.165, 1.54) is 28.8 Å². The van der Waals surface area contributed by atoms with Gasteiger partial charge in [0.1, 0.15) is 0 Å². The number of piperazine rings is 1. The Kier molecular flexibility index (Phi) is 5.45. The van der Waals surface area contributed by atoms with Crippen LogP contribution in [0.3, 0.4) is 0 Å². The summed E-state index contributed by atoms with van der Waals surface area (Å²) in [5.74, 6) is -0.202. The highest BCUT2D eigenvalue weighted by Gasteiger charge is 2.30. The molecular formula is C20H25N3O4S. The van der Waals surface area contributed by atoms with Gasteiger partial charge in [-0.15, -0.1) is 0 Å². The molecule has 150 valence electrons. The van der Waals surface area contributed by atoms with Gasteiger partial charge in [0.15, 0.2) is 12.4 Å². The van der Waals surface area contributed by atoms with Gasteiger partial charge in [-0.3, -0.25) is 4.79 Å². The molecule has 1 aliphatic heterocycles. The number of carbonyl (C=O) groups excluding carboxylic acids is 1. The standard InChI is InChI=1S/C20H25N3O4S/c1-20(2,3)17-4-6-18(7-5-17)28(26,27)23-14-12-21(13-15-23)19(24)16-8-10-22(25)11-9-16/h4-11H,12-15H2,1-3H3. The Bertz CT molecular complexity index is 940. The molecule has 0 unspecified atom stereocenters. The summed E-state index contributed by atoms with van der Waals surface area (Å²) in [7, 11) is -3.59. The Morgan fingerprint density at radius 2 is 1.50 bits per heavy atom. The van der Waals surface area contributed by atoms with Crippen molar-refractivity contribution in [3.63, 3.8) is 0 Å². The van der Waals surface area contributed by atoms with Crippen LogP contribution in [-0.4, -0.2) is 49.7 Å². The number of hydrogen-bond donors (Lipinski definition) is 0. The van der Waals surface area contributed by atoms with Crippen LogP contribution in [-0.2, 0) is 15.4 Å². The van der Waals surface area contributed by atoms with Gasteiger partial charge in [0.05, 0.1) is 10.5 Å². The van der Waals surface area contributed by atoms with Crippen LogP contribution < -0.4 is 4.73 Å². The normalized spacial score (nSPS) is 16.2. The molecule has 0 aliphatic carbocycles. The zero-order valence-corrected chi connectivity index (χ0v) is 17.1.